The molecule has 0 aliphatic carbocycles. The zero-order valence-corrected chi connectivity index (χ0v) is 9.64. The summed E-state index contributed by atoms with van der Waals surface area (Å²) in [4.78, 5) is 0. The largest absolute Gasteiger partial charge is 0.222 e. The number of sulfone groups is 1. The second-order valence-electron chi connectivity index (χ2n) is 4.13. The van der Waals surface area contributed by atoms with Gasteiger partial charge in [-0.1, -0.05) is 27.7 Å². The van der Waals surface area contributed by atoms with E-state index in [9.17, 15) is 8.42 Å². The van der Waals surface area contributed by atoms with Crippen LogP contribution in [0.15, 0.2) is 5.03 Å². The van der Waals surface area contributed by atoms with Crippen molar-refractivity contribution in [2.24, 2.45) is 0 Å². The average molecular weight is 217 g/mol. The van der Waals surface area contributed by atoms with Gasteiger partial charge in [0.15, 0.2) is 9.84 Å². The molecule has 1 aromatic heterocycles. The molecule has 1 rings (SSSR count). The van der Waals surface area contributed by atoms with Crippen LogP contribution in [0.5, 0.6) is 0 Å². The molecule has 0 atom stereocenters. The van der Waals surface area contributed by atoms with E-state index in [2.05, 4.69) is 15.4 Å². The summed E-state index contributed by atoms with van der Waals surface area (Å²) in [6.07, 6.45) is 0. The van der Waals surface area contributed by atoms with Gasteiger partial charge in [-0.3, -0.25) is 0 Å². The third-order valence-corrected chi connectivity index (χ3v) is 3.53. The fourth-order valence-corrected chi connectivity index (χ4v) is 2.16. The van der Waals surface area contributed by atoms with Crippen molar-refractivity contribution in [1.82, 2.24) is 15.4 Å². The first-order chi connectivity index (χ1) is 6.29. The molecular formula is C8H15N3O2S. The molecule has 1 N–H and O–H groups in total. The Balaban J connectivity index is 3.33. The highest BCUT2D eigenvalue weighted by atomic mass is 32.2. The fourth-order valence-electron chi connectivity index (χ4n) is 1.06. The number of H-pyrrole nitrogens is 1. The second kappa shape index (κ2) is 3.34. The molecule has 1 aromatic rings. The highest BCUT2D eigenvalue weighted by molar-refractivity contribution is 7.91. The number of rotatable bonds is 2. The Labute approximate surface area is 83.8 Å². The summed E-state index contributed by atoms with van der Waals surface area (Å²) in [6, 6.07) is 0. The molecule has 0 aliphatic rings. The zero-order valence-electron chi connectivity index (χ0n) is 8.83. The lowest BCUT2D eigenvalue weighted by atomic mass is 9.93. The van der Waals surface area contributed by atoms with Crippen molar-refractivity contribution in [1.29, 1.82) is 0 Å². The molecule has 1 heterocycles. The third kappa shape index (κ3) is 1.95. The van der Waals surface area contributed by atoms with E-state index < -0.39 is 9.84 Å². The lowest BCUT2D eigenvalue weighted by Crippen LogP contribution is -2.17. The molecule has 0 bridgehead atoms. The Hall–Kier alpha value is -0.910. The maximum atomic E-state index is 11.6. The molecule has 0 amide bonds. The summed E-state index contributed by atoms with van der Waals surface area (Å²) in [6.45, 7) is 7.30. The van der Waals surface area contributed by atoms with E-state index in [4.69, 9.17) is 0 Å². The number of aromatic amines is 1. The van der Waals surface area contributed by atoms with E-state index >= 15 is 0 Å². The van der Waals surface area contributed by atoms with Crippen LogP contribution >= 0.6 is 0 Å². The number of aromatic nitrogens is 3. The normalized spacial score (nSPS) is 13.1. The quantitative estimate of drug-likeness (QED) is 0.798. The molecule has 0 radical (unpaired) electrons. The predicted molar refractivity (Wildman–Crippen MR) is 52.8 cm³/mol. The number of hydrogen-bond donors (Lipinski definition) is 1. The van der Waals surface area contributed by atoms with Gasteiger partial charge in [0.25, 0.3) is 0 Å². The van der Waals surface area contributed by atoms with Gasteiger partial charge < -0.3 is 0 Å². The number of nitrogens with zero attached hydrogens (tertiary/aromatic N) is 2. The van der Waals surface area contributed by atoms with Gasteiger partial charge in [-0.05, 0) is 0 Å². The van der Waals surface area contributed by atoms with Crippen molar-refractivity contribution in [3.8, 4) is 0 Å². The molecular weight excluding hydrogens is 202 g/mol. The minimum atomic E-state index is -3.27. The van der Waals surface area contributed by atoms with Gasteiger partial charge in [0.1, 0.15) is 5.69 Å². The lowest BCUT2D eigenvalue weighted by Gasteiger charge is -2.15. The van der Waals surface area contributed by atoms with Crippen LogP contribution < -0.4 is 0 Å². The Morgan fingerprint density at radius 3 is 2.29 bits per heavy atom. The van der Waals surface area contributed by atoms with Crippen LogP contribution in [-0.4, -0.2) is 29.6 Å². The Morgan fingerprint density at radius 2 is 1.86 bits per heavy atom. The third-order valence-electron chi connectivity index (χ3n) is 1.90. The predicted octanol–water partition coefficient (Wildman–Crippen LogP) is 0.896. The molecule has 0 aromatic carbocycles. The van der Waals surface area contributed by atoms with Gasteiger partial charge in [0.2, 0.25) is 5.03 Å². The van der Waals surface area contributed by atoms with Gasteiger partial charge in [0.05, 0.1) is 5.75 Å². The van der Waals surface area contributed by atoms with Crippen LogP contribution in [0.4, 0.5) is 0 Å². The van der Waals surface area contributed by atoms with Gasteiger partial charge in [0, 0.05) is 5.41 Å². The first kappa shape index (κ1) is 11.2. The Bertz CT molecular complexity index is 414. The summed E-state index contributed by atoms with van der Waals surface area (Å²) in [5, 5.41) is 10.0. The minimum Gasteiger partial charge on any atom is -0.222 e. The smallest absolute Gasteiger partial charge is 0.200 e. The summed E-state index contributed by atoms with van der Waals surface area (Å²) < 4.78 is 23.2. The fraction of sp³-hybridized carbons (Fsp3) is 0.750. The molecule has 80 valence electrons. The van der Waals surface area contributed by atoms with Crippen LogP contribution in [0.25, 0.3) is 0 Å². The van der Waals surface area contributed by atoms with Crippen molar-refractivity contribution >= 4 is 9.84 Å². The van der Waals surface area contributed by atoms with Crippen LogP contribution in [0.3, 0.4) is 0 Å². The standard InChI is InChI=1S/C8H15N3O2S/c1-5-14(12,13)7-6(8(2,3)4)9-11-10-7/h5H2,1-4H3,(H,9,10,11). The average Bonchev–Trinajstić information content (AvgIpc) is 2.51. The van der Waals surface area contributed by atoms with Gasteiger partial charge >= 0.3 is 0 Å². The molecule has 0 unspecified atom stereocenters. The number of hydrogen-bond acceptors (Lipinski definition) is 4. The van der Waals surface area contributed by atoms with Crippen molar-refractivity contribution in [2.75, 3.05) is 5.75 Å². The van der Waals surface area contributed by atoms with E-state index in [1.165, 1.54) is 0 Å². The van der Waals surface area contributed by atoms with E-state index in [0.29, 0.717) is 5.69 Å². The van der Waals surface area contributed by atoms with Gasteiger partial charge in [-0.2, -0.15) is 10.3 Å². The van der Waals surface area contributed by atoms with Crippen molar-refractivity contribution in [3.05, 3.63) is 5.69 Å². The SMILES string of the molecule is CCS(=O)(=O)c1n[nH]nc1C(C)(C)C. The van der Waals surface area contributed by atoms with Crippen molar-refractivity contribution < 1.29 is 8.42 Å². The molecule has 0 saturated carbocycles. The Kier molecular flexibility index (Phi) is 2.67. The monoisotopic (exact) mass is 217 g/mol. The summed E-state index contributed by atoms with van der Waals surface area (Å²) in [5.74, 6) is 0.0443. The summed E-state index contributed by atoms with van der Waals surface area (Å²) >= 11 is 0. The van der Waals surface area contributed by atoms with Gasteiger partial charge in [-0.25, -0.2) is 8.42 Å². The molecule has 0 fully saturated rings. The van der Waals surface area contributed by atoms with E-state index in [0.717, 1.165) is 0 Å². The van der Waals surface area contributed by atoms with Crippen LogP contribution in [0, 0.1) is 0 Å². The molecule has 0 aliphatic heterocycles. The van der Waals surface area contributed by atoms with Crippen LogP contribution in [0.2, 0.25) is 0 Å². The van der Waals surface area contributed by atoms with Crippen LogP contribution in [-0.2, 0) is 15.3 Å². The maximum Gasteiger partial charge on any atom is 0.200 e. The molecule has 0 saturated heterocycles. The summed E-state index contributed by atoms with van der Waals surface area (Å²) in [5.41, 5.74) is 0.184. The summed E-state index contributed by atoms with van der Waals surface area (Å²) in [7, 11) is -3.27. The van der Waals surface area contributed by atoms with E-state index in [-0.39, 0.29) is 16.2 Å². The number of nitrogens with one attached hydrogen (secondary N) is 1. The van der Waals surface area contributed by atoms with E-state index in [1.807, 2.05) is 20.8 Å². The van der Waals surface area contributed by atoms with E-state index in [1.54, 1.807) is 6.92 Å². The topological polar surface area (TPSA) is 75.7 Å². The molecule has 0 spiro atoms. The molecule has 6 heteroatoms. The Morgan fingerprint density at radius 1 is 1.29 bits per heavy atom. The molecule has 5 nitrogen and oxygen atoms in total. The minimum absolute atomic E-state index is 0.0443. The van der Waals surface area contributed by atoms with Crippen LogP contribution in [0.1, 0.15) is 33.4 Å². The van der Waals surface area contributed by atoms with Crippen molar-refractivity contribution in [3.63, 3.8) is 0 Å². The lowest BCUT2D eigenvalue weighted by molar-refractivity contribution is 0.544. The maximum absolute atomic E-state index is 11.6. The van der Waals surface area contributed by atoms with Crippen molar-refractivity contribution in [2.45, 2.75) is 38.1 Å². The highest BCUT2D eigenvalue weighted by Crippen LogP contribution is 2.25. The first-order valence-electron chi connectivity index (χ1n) is 4.43. The second-order valence-corrected chi connectivity index (χ2v) is 6.32. The molecule has 14 heavy (non-hydrogen) atoms. The first-order valence-corrected chi connectivity index (χ1v) is 6.08. The van der Waals surface area contributed by atoms with Gasteiger partial charge in [-0.15, -0.1) is 5.10 Å². The highest BCUT2D eigenvalue weighted by Gasteiger charge is 2.29. The zero-order chi connectivity index (χ0) is 11.0.